The Kier molecular flexibility index (Phi) is 4.29. The molecule has 1 aromatic rings. The zero-order valence-corrected chi connectivity index (χ0v) is 11.9. The molecule has 0 unspecified atom stereocenters. The van der Waals surface area contributed by atoms with Gasteiger partial charge >= 0.3 is 0 Å². The van der Waals surface area contributed by atoms with Crippen LogP contribution in [0, 0.1) is 0 Å². The summed E-state index contributed by atoms with van der Waals surface area (Å²) in [5.41, 5.74) is 0.568. The summed E-state index contributed by atoms with van der Waals surface area (Å²) in [5, 5.41) is 4.19. The number of ether oxygens (including phenoxy) is 1. The van der Waals surface area contributed by atoms with Crippen molar-refractivity contribution in [2.24, 2.45) is 0 Å². The Morgan fingerprint density at radius 1 is 1.50 bits per heavy atom. The lowest BCUT2D eigenvalue weighted by Gasteiger charge is -2.14. The first-order valence-electron chi connectivity index (χ1n) is 6.12. The first-order valence-corrected chi connectivity index (χ1v) is 8.43. The van der Waals surface area contributed by atoms with E-state index in [4.69, 9.17) is 15.4 Å². The van der Waals surface area contributed by atoms with Gasteiger partial charge in [0, 0.05) is 17.3 Å². The van der Waals surface area contributed by atoms with Crippen LogP contribution in [0.2, 0.25) is 0 Å². The third-order valence-electron chi connectivity index (χ3n) is 3.24. The molecule has 1 fully saturated rings. The number of nitrogens with zero attached hydrogens (tertiary/aromatic N) is 2. The molecule has 0 bridgehead atoms. The first-order chi connectivity index (χ1) is 8.54. The lowest BCUT2D eigenvalue weighted by atomic mass is 10.2. The maximum absolute atomic E-state index is 11.5. The molecule has 0 amide bonds. The molecule has 102 valence electrons. The molecule has 18 heavy (non-hydrogen) atoms. The molecule has 2 rings (SSSR count). The van der Waals surface area contributed by atoms with Gasteiger partial charge in [0.15, 0.2) is 0 Å². The van der Waals surface area contributed by atoms with E-state index in [-0.39, 0.29) is 17.5 Å². The van der Waals surface area contributed by atoms with Gasteiger partial charge in [0.25, 0.3) is 9.05 Å². The fourth-order valence-electron chi connectivity index (χ4n) is 2.37. The molecule has 0 atom stereocenters. The summed E-state index contributed by atoms with van der Waals surface area (Å²) in [5.74, 6) is 0. The SMILES string of the molecule is CCOCc1c(S(=O)(=O)Cl)cnn1C1CCCC1. The smallest absolute Gasteiger partial charge is 0.264 e. The number of rotatable bonds is 5. The third-order valence-corrected chi connectivity index (χ3v) is 4.60. The molecule has 0 aromatic carbocycles. The van der Waals surface area contributed by atoms with Gasteiger partial charge in [-0.25, -0.2) is 8.42 Å². The van der Waals surface area contributed by atoms with Crippen LogP contribution in [0.25, 0.3) is 0 Å². The van der Waals surface area contributed by atoms with Gasteiger partial charge in [0.05, 0.1) is 24.5 Å². The Morgan fingerprint density at radius 2 is 2.17 bits per heavy atom. The van der Waals surface area contributed by atoms with Crippen molar-refractivity contribution in [3.8, 4) is 0 Å². The zero-order valence-electron chi connectivity index (χ0n) is 10.3. The maximum Gasteiger partial charge on any atom is 0.264 e. The number of aromatic nitrogens is 2. The number of hydrogen-bond donors (Lipinski definition) is 0. The highest BCUT2D eigenvalue weighted by Gasteiger charge is 2.26. The van der Waals surface area contributed by atoms with Crippen LogP contribution in [0.15, 0.2) is 11.1 Å². The van der Waals surface area contributed by atoms with E-state index in [2.05, 4.69) is 5.10 Å². The second-order valence-electron chi connectivity index (χ2n) is 4.41. The van der Waals surface area contributed by atoms with Crippen molar-refractivity contribution in [1.29, 1.82) is 0 Å². The average molecular weight is 293 g/mol. The van der Waals surface area contributed by atoms with Crippen molar-refractivity contribution in [3.05, 3.63) is 11.9 Å². The van der Waals surface area contributed by atoms with E-state index in [0.29, 0.717) is 12.3 Å². The van der Waals surface area contributed by atoms with Crippen LogP contribution < -0.4 is 0 Å². The zero-order chi connectivity index (χ0) is 13.2. The van der Waals surface area contributed by atoms with E-state index in [9.17, 15) is 8.42 Å². The van der Waals surface area contributed by atoms with Gasteiger partial charge in [-0.15, -0.1) is 0 Å². The standard InChI is InChI=1S/C11H17ClN2O3S/c1-2-17-8-10-11(18(12,15)16)7-13-14(10)9-5-3-4-6-9/h7,9H,2-6,8H2,1H3. The topological polar surface area (TPSA) is 61.2 Å². The summed E-state index contributed by atoms with van der Waals surface area (Å²) < 4.78 is 30.1. The van der Waals surface area contributed by atoms with Crippen LogP contribution in [-0.4, -0.2) is 24.8 Å². The van der Waals surface area contributed by atoms with E-state index in [1.807, 2.05) is 6.92 Å². The van der Waals surface area contributed by atoms with Crippen molar-refractivity contribution in [3.63, 3.8) is 0 Å². The molecule has 0 N–H and O–H groups in total. The summed E-state index contributed by atoms with van der Waals surface area (Å²) in [6.45, 7) is 2.62. The molecule has 1 aromatic heterocycles. The second-order valence-corrected chi connectivity index (χ2v) is 6.95. The summed E-state index contributed by atoms with van der Waals surface area (Å²) in [7, 11) is 1.66. The summed E-state index contributed by atoms with van der Waals surface area (Å²) in [6.07, 6.45) is 5.70. The van der Waals surface area contributed by atoms with Gasteiger partial charge in [-0.3, -0.25) is 4.68 Å². The molecule has 1 saturated carbocycles. The van der Waals surface area contributed by atoms with Gasteiger partial charge in [0.1, 0.15) is 4.90 Å². The van der Waals surface area contributed by atoms with Gasteiger partial charge in [-0.05, 0) is 19.8 Å². The fourth-order valence-corrected chi connectivity index (χ4v) is 3.37. The minimum absolute atomic E-state index is 0.0736. The molecule has 7 heteroatoms. The molecular weight excluding hydrogens is 276 g/mol. The van der Waals surface area contributed by atoms with Crippen LogP contribution in [0.5, 0.6) is 0 Å². The summed E-state index contributed by atoms with van der Waals surface area (Å²) in [4.78, 5) is 0.0736. The lowest BCUT2D eigenvalue weighted by Crippen LogP contribution is -2.13. The van der Waals surface area contributed by atoms with Crippen LogP contribution in [0.3, 0.4) is 0 Å². The van der Waals surface area contributed by atoms with E-state index in [1.54, 1.807) is 4.68 Å². The Bertz CT molecular complexity index is 506. The van der Waals surface area contributed by atoms with E-state index >= 15 is 0 Å². The van der Waals surface area contributed by atoms with E-state index in [0.717, 1.165) is 25.7 Å². The lowest BCUT2D eigenvalue weighted by molar-refractivity contribution is 0.124. The van der Waals surface area contributed by atoms with Crippen molar-refractivity contribution in [2.75, 3.05) is 6.61 Å². The Hall–Kier alpha value is -0.590. The average Bonchev–Trinajstić information content (AvgIpc) is 2.93. The van der Waals surface area contributed by atoms with Crippen molar-refractivity contribution < 1.29 is 13.2 Å². The quantitative estimate of drug-likeness (QED) is 0.782. The Morgan fingerprint density at radius 3 is 2.72 bits per heavy atom. The highest BCUT2D eigenvalue weighted by molar-refractivity contribution is 8.13. The number of hydrogen-bond acceptors (Lipinski definition) is 4. The van der Waals surface area contributed by atoms with Gasteiger partial charge in [0.2, 0.25) is 0 Å². The minimum atomic E-state index is -3.76. The predicted octanol–water partition coefficient (Wildman–Crippen LogP) is 2.46. The molecule has 0 spiro atoms. The summed E-state index contributed by atoms with van der Waals surface area (Å²) in [6, 6.07) is 0.271. The fraction of sp³-hybridized carbons (Fsp3) is 0.727. The van der Waals surface area contributed by atoms with E-state index < -0.39 is 9.05 Å². The third kappa shape index (κ3) is 2.87. The molecule has 1 aliphatic carbocycles. The Labute approximate surface area is 111 Å². The first kappa shape index (κ1) is 13.8. The minimum Gasteiger partial charge on any atom is -0.375 e. The molecule has 0 radical (unpaired) electrons. The van der Waals surface area contributed by atoms with Crippen LogP contribution in [-0.2, 0) is 20.4 Å². The monoisotopic (exact) mass is 292 g/mol. The van der Waals surface area contributed by atoms with Crippen LogP contribution in [0.1, 0.15) is 44.3 Å². The predicted molar refractivity (Wildman–Crippen MR) is 68.1 cm³/mol. The number of halogens is 1. The Balaban J connectivity index is 2.36. The molecule has 1 heterocycles. The largest absolute Gasteiger partial charge is 0.375 e. The maximum atomic E-state index is 11.5. The van der Waals surface area contributed by atoms with Crippen molar-refractivity contribution in [2.45, 2.75) is 50.2 Å². The van der Waals surface area contributed by atoms with Crippen LogP contribution >= 0.6 is 10.7 Å². The van der Waals surface area contributed by atoms with Crippen molar-refractivity contribution in [1.82, 2.24) is 9.78 Å². The molecule has 5 nitrogen and oxygen atoms in total. The normalized spacial score (nSPS) is 17.4. The van der Waals surface area contributed by atoms with E-state index in [1.165, 1.54) is 6.20 Å². The molecule has 1 aliphatic rings. The highest BCUT2D eigenvalue weighted by Crippen LogP contribution is 2.32. The second kappa shape index (κ2) is 5.59. The van der Waals surface area contributed by atoms with Gasteiger partial charge in [-0.2, -0.15) is 5.10 Å². The molecular formula is C11H17ClN2O3S. The highest BCUT2D eigenvalue weighted by atomic mass is 35.7. The van der Waals surface area contributed by atoms with Gasteiger partial charge in [-0.1, -0.05) is 12.8 Å². The van der Waals surface area contributed by atoms with Crippen LogP contribution in [0.4, 0.5) is 0 Å². The van der Waals surface area contributed by atoms with Gasteiger partial charge < -0.3 is 4.74 Å². The van der Waals surface area contributed by atoms with Crippen molar-refractivity contribution >= 4 is 19.7 Å². The molecule has 0 aliphatic heterocycles. The molecule has 0 saturated heterocycles. The summed E-state index contributed by atoms with van der Waals surface area (Å²) >= 11 is 0.